The monoisotopic (exact) mass is 443 g/mol. The summed E-state index contributed by atoms with van der Waals surface area (Å²) >= 11 is 0. The Morgan fingerprint density at radius 2 is 1.66 bits per heavy atom. The Bertz CT molecular complexity index is 934. The van der Waals surface area contributed by atoms with Crippen LogP contribution in [0.25, 0.3) is 0 Å². The third-order valence-corrected chi connectivity index (χ3v) is 4.91. The zero-order valence-corrected chi connectivity index (χ0v) is 18.4. The normalized spacial score (nSPS) is 11.3. The van der Waals surface area contributed by atoms with Crippen molar-refractivity contribution in [3.05, 3.63) is 59.7 Å². The molecule has 0 saturated heterocycles. The van der Waals surface area contributed by atoms with Gasteiger partial charge in [-0.3, -0.25) is 14.4 Å². The molecule has 0 fully saturated rings. The summed E-state index contributed by atoms with van der Waals surface area (Å²) in [6.45, 7) is 5.87. The Kier molecular flexibility index (Phi) is 8.37. The zero-order chi connectivity index (χ0) is 23.9. The first-order chi connectivity index (χ1) is 15.0. The summed E-state index contributed by atoms with van der Waals surface area (Å²) < 4.78 is 5.81. The van der Waals surface area contributed by atoms with Crippen LogP contribution in [0, 0.1) is 0 Å². The number of amides is 1. The maximum absolute atomic E-state index is 12.6. The van der Waals surface area contributed by atoms with E-state index < -0.39 is 23.5 Å². The molecule has 8 nitrogen and oxygen atoms in total. The molecule has 0 atom stereocenters. The van der Waals surface area contributed by atoms with Crippen LogP contribution in [0.4, 0.5) is 5.69 Å². The lowest BCUT2D eigenvalue weighted by Crippen LogP contribution is -2.32. The number of hydrogen-bond donors (Lipinski definition) is 3. The third kappa shape index (κ3) is 7.09. The smallest absolute Gasteiger partial charge is 0.322 e. The molecule has 172 valence electrons. The number of hydrogen-bond acceptors (Lipinski definition) is 5. The maximum atomic E-state index is 12.6. The number of rotatable bonds is 11. The minimum atomic E-state index is -1.62. The number of carbonyl (C=O) groups is 3. The van der Waals surface area contributed by atoms with Crippen molar-refractivity contribution < 1.29 is 34.4 Å². The first-order valence-electron chi connectivity index (χ1n) is 10.3. The zero-order valence-electron chi connectivity index (χ0n) is 18.4. The van der Waals surface area contributed by atoms with E-state index in [1.807, 2.05) is 13.0 Å². The second-order valence-electron chi connectivity index (χ2n) is 8.09. The molecule has 0 aliphatic rings. The van der Waals surface area contributed by atoms with E-state index in [4.69, 9.17) is 14.9 Å². The Morgan fingerprint density at radius 1 is 1.03 bits per heavy atom. The largest absolute Gasteiger partial charge is 0.489 e. The van der Waals surface area contributed by atoms with E-state index in [2.05, 4.69) is 0 Å². The minimum Gasteiger partial charge on any atom is -0.489 e. The van der Waals surface area contributed by atoms with Crippen molar-refractivity contribution in [3.63, 3.8) is 0 Å². The molecule has 32 heavy (non-hydrogen) atoms. The van der Waals surface area contributed by atoms with Gasteiger partial charge in [0, 0.05) is 24.7 Å². The lowest BCUT2D eigenvalue weighted by molar-refractivity contribution is -0.150. The molecule has 0 aliphatic heterocycles. The highest BCUT2D eigenvalue weighted by atomic mass is 16.5. The lowest BCUT2D eigenvalue weighted by Gasteiger charge is -2.24. The van der Waals surface area contributed by atoms with Gasteiger partial charge in [0.05, 0.1) is 5.60 Å². The van der Waals surface area contributed by atoms with Crippen LogP contribution in [-0.4, -0.2) is 45.3 Å². The van der Waals surface area contributed by atoms with Crippen LogP contribution in [-0.2, 0) is 21.0 Å². The van der Waals surface area contributed by atoms with Gasteiger partial charge in [-0.1, -0.05) is 30.3 Å². The van der Waals surface area contributed by atoms with Crippen molar-refractivity contribution in [1.82, 2.24) is 0 Å². The van der Waals surface area contributed by atoms with E-state index in [1.165, 1.54) is 12.1 Å². The molecule has 0 saturated carbocycles. The molecule has 0 aromatic heterocycles. The van der Waals surface area contributed by atoms with Crippen molar-refractivity contribution in [2.24, 2.45) is 0 Å². The standard InChI is InChI=1S/C24H29NO7/c1-4-25(20(26)12-13-24(2,3)31)18-6-5-7-19(14-18)32-15-16-8-10-17(11-9-16)21(22(27)28)23(29)30/h5-11,14,21,31H,4,12-13,15H2,1-3H3,(H,27,28)(H,29,30). The SMILES string of the molecule is CCN(C(=O)CCC(C)(C)O)c1cccc(OCc2ccc(C(C(=O)O)C(=O)O)cc2)c1. The molecule has 1 amide bonds. The number of carbonyl (C=O) groups excluding carboxylic acids is 1. The van der Waals surface area contributed by atoms with Gasteiger partial charge >= 0.3 is 11.9 Å². The summed E-state index contributed by atoms with van der Waals surface area (Å²) in [4.78, 5) is 36.5. The van der Waals surface area contributed by atoms with Gasteiger partial charge in [-0.05, 0) is 50.5 Å². The summed E-state index contributed by atoms with van der Waals surface area (Å²) in [5.74, 6) is -3.99. The summed E-state index contributed by atoms with van der Waals surface area (Å²) in [7, 11) is 0. The molecule has 0 unspecified atom stereocenters. The van der Waals surface area contributed by atoms with Gasteiger partial charge < -0.3 is 25.0 Å². The van der Waals surface area contributed by atoms with Gasteiger partial charge in [-0.15, -0.1) is 0 Å². The number of carboxylic acids is 2. The van der Waals surface area contributed by atoms with Crippen molar-refractivity contribution in [3.8, 4) is 5.75 Å². The highest BCUT2D eigenvalue weighted by Gasteiger charge is 2.27. The number of aliphatic hydroxyl groups is 1. The first kappa shape index (κ1) is 24.9. The van der Waals surface area contributed by atoms with Crippen molar-refractivity contribution >= 4 is 23.5 Å². The van der Waals surface area contributed by atoms with E-state index in [-0.39, 0.29) is 24.5 Å². The fourth-order valence-corrected chi connectivity index (χ4v) is 3.16. The first-order valence-corrected chi connectivity index (χ1v) is 10.3. The molecule has 0 aliphatic carbocycles. The number of ether oxygens (including phenoxy) is 1. The van der Waals surface area contributed by atoms with Crippen LogP contribution in [0.5, 0.6) is 5.75 Å². The van der Waals surface area contributed by atoms with Crippen molar-refractivity contribution in [2.45, 2.75) is 51.7 Å². The highest BCUT2D eigenvalue weighted by Crippen LogP contribution is 2.24. The van der Waals surface area contributed by atoms with Gasteiger partial charge in [0.1, 0.15) is 12.4 Å². The Hall–Kier alpha value is -3.39. The third-order valence-electron chi connectivity index (χ3n) is 4.91. The predicted molar refractivity (Wildman–Crippen MR) is 119 cm³/mol. The van der Waals surface area contributed by atoms with Gasteiger partial charge in [-0.25, -0.2) is 0 Å². The summed E-state index contributed by atoms with van der Waals surface area (Å²) in [5, 5.41) is 28.0. The summed E-state index contributed by atoms with van der Waals surface area (Å²) in [6, 6.07) is 13.3. The average molecular weight is 443 g/mol. The van der Waals surface area contributed by atoms with Crippen LogP contribution in [0.3, 0.4) is 0 Å². The van der Waals surface area contributed by atoms with E-state index in [1.54, 1.807) is 49.1 Å². The van der Waals surface area contributed by atoms with E-state index in [9.17, 15) is 19.5 Å². The minimum absolute atomic E-state index is 0.0891. The van der Waals surface area contributed by atoms with Crippen LogP contribution in [0.2, 0.25) is 0 Å². The molecular formula is C24H29NO7. The van der Waals surface area contributed by atoms with E-state index in [0.29, 0.717) is 24.4 Å². The Morgan fingerprint density at radius 3 is 2.19 bits per heavy atom. The molecule has 0 bridgehead atoms. The fraction of sp³-hybridized carbons (Fsp3) is 0.375. The van der Waals surface area contributed by atoms with Crippen LogP contribution in [0.15, 0.2) is 48.5 Å². The van der Waals surface area contributed by atoms with Crippen molar-refractivity contribution in [2.75, 3.05) is 11.4 Å². The molecule has 0 heterocycles. The quantitative estimate of drug-likeness (QED) is 0.455. The second-order valence-corrected chi connectivity index (χ2v) is 8.09. The maximum Gasteiger partial charge on any atom is 0.322 e. The number of benzene rings is 2. The topological polar surface area (TPSA) is 124 Å². The molecule has 8 heteroatoms. The highest BCUT2D eigenvalue weighted by molar-refractivity contribution is 5.99. The van der Waals surface area contributed by atoms with Crippen LogP contribution < -0.4 is 9.64 Å². The molecule has 3 N–H and O–H groups in total. The summed E-state index contributed by atoms with van der Waals surface area (Å²) in [5.41, 5.74) is 0.692. The molecular weight excluding hydrogens is 414 g/mol. The molecule has 0 spiro atoms. The fourth-order valence-electron chi connectivity index (χ4n) is 3.16. The van der Waals surface area contributed by atoms with Crippen LogP contribution >= 0.6 is 0 Å². The lowest BCUT2D eigenvalue weighted by atomic mass is 9.98. The van der Waals surface area contributed by atoms with Crippen LogP contribution in [0.1, 0.15) is 50.7 Å². The van der Waals surface area contributed by atoms with Gasteiger partial charge in [0.15, 0.2) is 5.92 Å². The number of carboxylic acid groups (broad SMARTS) is 2. The Labute approximate surface area is 187 Å². The molecule has 2 aromatic rings. The molecule has 2 rings (SSSR count). The van der Waals surface area contributed by atoms with Gasteiger partial charge in [0.25, 0.3) is 0 Å². The number of anilines is 1. The molecule has 2 aromatic carbocycles. The number of aliphatic carboxylic acids is 2. The van der Waals surface area contributed by atoms with Crippen molar-refractivity contribution in [1.29, 1.82) is 0 Å². The van der Waals surface area contributed by atoms with Gasteiger partial charge in [0.2, 0.25) is 5.91 Å². The predicted octanol–water partition coefficient (Wildman–Crippen LogP) is 3.42. The van der Waals surface area contributed by atoms with E-state index in [0.717, 1.165) is 5.56 Å². The number of nitrogens with zero attached hydrogens (tertiary/aromatic N) is 1. The molecule has 0 radical (unpaired) electrons. The average Bonchev–Trinajstić information content (AvgIpc) is 2.71. The second kappa shape index (κ2) is 10.8. The Balaban J connectivity index is 2.05. The summed E-state index contributed by atoms with van der Waals surface area (Å²) in [6.07, 6.45) is 0.585. The van der Waals surface area contributed by atoms with E-state index >= 15 is 0 Å². The van der Waals surface area contributed by atoms with Gasteiger partial charge in [-0.2, -0.15) is 0 Å².